The molecule has 2 aliphatic carbocycles. The molecule has 2 heterocycles. The number of aliphatic carboxylic acids is 1. The minimum Gasteiger partial charge on any atom is -0.503 e. The molecule has 1 saturated carbocycles. The van der Waals surface area contributed by atoms with Gasteiger partial charge in [0.25, 0.3) is 11.8 Å². The first-order valence-corrected chi connectivity index (χ1v) is 16.1. The Labute approximate surface area is 291 Å². The minimum absolute atomic E-state index is 0.0104. The molecule has 2 aromatic carbocycles. The summed E-state index contributed by atoms with van der Waals surface area (Å²) in [7, 11) is 1.19. The number of halogens is 8. The van der Waals surface area contributed by atoms with E-state index in [1.807, 2.05) is 0 Å². The van der Waals surface area contributed by atoms with Gasteiger partial charge in [0.15, 0.2) is 44.5 Å². The first-order valence-electron chi connectivity index (χ1n) is 14.6. The number of fused-ring (bicyclic) bond motifs is 4. The van der Waals surface area contributed by atoms with Crippen LogP contribution in [0.15, 0.2) is 28.3 Å². The summed E-state index contributed by atoms with van der Waals surface area (Å²) in [4.78, 5) is 62.0. The Bertz CT molecular complexity index is 1900. The van der Waals surface area contributed by atoms with Crippen LogP contribution in [0.4, 0.5) is 27.6 Å². The molecule has 2 N–H and O–H groups in total. The van der Waals surface area contributed by atoms with Gasteiger partial charge < -0.3 is 14.9 Å². The highest BCUT2D eigenvalue weighted by molar-refractivity contribution is 9.10. The summed E-state index contributed by atoms with van der Waals surface area (Å²) in [6.07, 6.45) is 0.318. The van der Waals surface area contributed by atoms with Crippen molar-refractivity contribution in [1.29, 1.82) is 0 Å². The number of carboxylic acids is 1. The van der Waals surface area contributed by atoms with E-state index in [1.165, 1.54) is 25.3 Å². The van der Waals surface area contributed by atoms with Gasteiger partial charge in [-0.05, 0) is 58.8 Å². The number of likely N-dealkylation sites (tertiary alicyclic amines) is 1. The number of carbonyl (C=O) groups is 5. The van der Waals surface area contributed by atoms with Crippen molar-refractivity contribution >= 4 is 74.4 Å². The van der Waals surface area contributed by atoms with Gasteiger partial charge in [-0.1, -0.05) is 11.6 Å². The van der Waals surface area contributed by atoms with Crippen LogP contribution in [-0.4, -0.2) is 68.1 Å². The SMILES string of the molecule is COc1cc([C@H]2C3=CC[C@@H]4C(=O)N(CCCC(=O)O)C(=O)[C@@H]4[C@@H]3C[C@@]3(Cl)C(=O)N(c4c(F)c(F)c(F)c(F)c4F)C(=O)[C@@]23Cl)cc(Br)c1O. The smallest absolute Gasteiger partial charge is 0.303 e. The number of aromatic hydroxyl groups is 1. The van der Waals surface area contributed by atoms with Crippen molar-refractivity contribution in [1.82, 2.24) is 4.90 Å². The van der Waals surface area contributed by atoms with E-state index in [0.29, 0.717) is 0 Å². The average Bonchev–Trinajstić information content (AvgIpc) is 3.38. The van der Waals surface area contributed by atoms with E-state index in [4.69, 9.17) is 33.0 Å². The van der Waals surface area contributed by atoms with Crippen molar-refractivity contribution in [2.75, 3.05) is 18.6 Å². The third-order valence-corrected chi connectivity index (χ3v) is 11.7. The molecular weight excluding hydrogens is 774 g/mol. The van der Waals surface area contributed by atoms with Gasteiger partial charge in [-0.3, -0.25) is 28.9 Å². The van der Waals surface area contributed by atoms with E-state index < -0.39 is 110 Å². The number of hydrogen-bond donors (Lipinski definition) is 2. The number of methoxy groups -OCH3 is 1. The molecule has 260 valence electrons. The molecule has 0 bridgehead atoms. The number of phenolic OH excluding ortho intramolecular Hbond substituents is 1. The first kappa shape index (κ1) is 35.1. The summed E-state index contributed by atoms with van der Waals surface area (Å²) in [5.41, 5.74) is -1.69. The molecule has 10 nitrogen and oxygen atoms in total. The standard InChI is InChI=1S/C31H22BrCl2F5N2O8/c1-49-15-8-10(7-14(32)25(15)44)18-11-4-5-12-17(27(46)40(26(12)45)6-2-3-16(42)43)13(11)9-30(33)28(47)41(29(48)31(18,30)34)24-22(38)20(36)19(35)21(37)23(24)39/h4,7-8,12-13,17-18,44H,2-3,5-6,9H2,1H3,(H,42,43)/t12-,13+,17-,18-,30+,31-/m0/s1. The Balaban J connectivity index is 1.56. The first-order chi connectivity index (χ1) is 22.9. The van der Waals surface area contributed by atoms with Crippen LogP contribution in [0, 0.1) is 46.8 Å². The summed E-state index contributed by atoms with van der Waals surface area (Å²) >= 11 is 17.3. The van der Waals surface area contributed by atoms with E-state index in [2.05, 4.69) is 15.9 Å². The van der Waals surface area contributed by atoms with Gasteiger partial charge >= 0.3 is 5.97 Å². The number of allylic oxidation sites excluding steroid dienone is 2. The largest absolute Gasteiger partial charge is 0.503 e. The predicted molar refractivity (Wildman–Crippen MR) is 162 cm³/mol. The van der Waals surface area contributed by atoms with E-state index in [1.54, 1.807) is 0 Å². The van der Waals surface area contributed by atoms with Crippen molar-refractivity contribution in [2.24, 2.45) is 17.8 Å². The third kappa shape index (κ3) is 4.73. The Morgan fingerprint density at radius 2 is 1.59 bits per heavy atom. The number of amides is 4. The zero-order valence-electron chi connectivity index (χ0n) is 24.8. The van der Waals surface area contributed by atoms with Gasteiger partial charge in [-0.2, -0.15) is 0 Å². The Kier molecular flexibility index (Phi) is 8.55. The van der Waals surface area contributed by atoms with Crippen molar-refractivity contribution in [2.45, 2.75) is 41.3 Å². The number of anilines is 1. The molecule has 0 radical (unpaired) electrons. The number of ether oxygens (including phenoxy) is 1. The number of imide groups is 2. The minimum atomic E-state index is -2.75. The topological polar surface area (TPSA) is 142 Å². The highest BCUT2D eigenvalue weighted by Gasteiger charge is 2.77. The zero-order chi connectivity index (χ0) is 36.1. The quantitative estimate of drug-likeness (QED) is 0.0963. The van der Waals surface area contributed by atoms with Gasteiger partial charge in [-0.25, -0.2) is 26.9 Å². The molecule has 4 aliphatic rings. The second-order valence-electron chi connectivity index (χ2n) is 12.1. The maximum absolute atomic E-state index is 15.2. The molecule has 0 unspecified atom stereocenters. The lowest BCUT2D eigenvalue weighted by Gasteiger charge is -2.50. The maximum atomic E-state index is 15.2. The van der Waals surface area contributed by atoms with Gasteiger partial charge in [0.05, 0.1) is 23.4 Å². The fraction of sp³-hybridized carbons (Fsp3) is 0.387. The van der Waals surface area contributed by atoms with Crippen LogP contribution in [0.1, 0.15) is 37.2 Å². The average molecular weight is 796 g/mol. The van der Waals surface area contributed by atoms with Crippen molar-refractivity contribution in [3.63, 3.8) is 0 Å². The van der Waals surface area contributed by atoms with Crippen LogP contribution in [0.2, 0.25) is 0 Å². The molecule has 3 fully saturated rings. The van der Waals surface area contributed by atoms with Crippen LogP contribution in [0.25, 0.3) is 0 Å². The molecule has 6 atom stereocenters. The highest BCUT2D eigenvalue weighted by Crippen LogP contribution is 2.66. The van der Waals surface area contributed by atoms with Crippen LogP contribution >= 0.6 is 39.1 Å². The molecular formula is C31H22BrCl2F5N2O8. The normalized spacial score (nSPS) is 29.2. The predicted octanol–water partition coefficient (Wildman–Crippen LogP) is 5.29. The maximum Gasteiger partial charge on any atom is 0.303 e. The number of benzene rings is 2. The van der Waals surface area contributed by atoms with Crippen LogP contribution in [0.3, 0.4) is 0 Å². The van der Waals surface area contributed by atoms with Gasteiger partial charge in [-0.15, -0.1) is 23.2 Å². The van der Waals surface area contributed by atoms with E-state index >= 15 is 8.78 Å². The number of rotatable bonds is 7. The summed E-state index contributed by atoms with van der Waals surface area (Å²) < 4.78 is 78.3. The third-order valence-electron chi connectivity index (χ3n) is 9.69. The number of carboxylic acid groups (broad SMARTS) is 1. The summed E-state index contributed by atoms with van der Waals surface area (Å²) in [6, 6.07) is 2.50. The van der Waals surface area contributed by atoms with Gasteiger partial charge in [0, 0.05) is 18.9 Å². The lowest BCUT2D eigenvalue weighted by molar-refractivity contribution is -0.142. The summed E-state index contributed by atoms with van der Waals surface area (Å²) in [6.45, 7) is -0.235. The van der Waals surface area contributed by atoms with Crippen LogP contribution < -0.4 is 9.64 Å². The zero-order valence-corrected chi connectivity index (χ0v) is 27.9. The van der Waals surface area contributed by atoms with Gasteiger partial charge in [0.2, 0.25) is 17.6 Å². The highest BCUT2D eigenvalue weighted by atomic mass is 79.9. The Morgan fingerprint density at radius 1 is 0.980 bits per heavy atom. The summed E-state index contributed by atoms with van der Waals surface area (Å²) in [5.74, 6) is -23.8. The lowest BCUT2D eigenvalue weighted by atomic mass is 9.56. The Hall–Kier alpha value is -3.76. The molecule has 2 saturated heterocycles. The molecule has 49 heavy (non-hydrogen) atoms. The monoisotopic (exact) mass is 794 g/mol. The number of nitrogens with zero attached hydrogens (tertiary/aromatic N) is 2. The Morgan fingerprint density at radius 3 is 2.18 bits per heavy atom. The van der Waals surface area contributed by atoms with Gasteiger partial charge in [0.1, 0.15) is 5.69 Å². The molecule has 2 aromatic rings. The van der Waals surface area contributed by atoms with Crippen molar-refractivity contribution < 1.29 is 60.9 Å². The van der Waals surface area contributed by atoms with Crippen molar-refractivity contribution in [3.05, 3.63) is 62.9 Å². The molecule has 6 rings (SSSR count). The fourth-order valence-corrected chi connectivity index (χ4v) is 8.93. The van der Waals surface area contributed by atoms with Crippen molar-refractivity contribution in [3.8, 4) is 11.5 Å². The summed E-state index contributed by atoms with van der Waals surface area (Å²) in [5, 5.41) is 19.5. The van der Waals surface area contributed by atoms with Crippen LogP contribution in [0.5, 0.6) is 11.5 Å². The number of carbonyl (C=O) groups excluding carboxylic acids is 4. The number of hydrogen-bond acceptors (Lipinski definition) is 7. The molecule has 2 aliphatic heterocycles. The van der Waals surface area contributed by atoms with E-state index in [9.17, 15) is 42.3 Å². The fourth-order valence-electron chi connectivity index (χ4n) is 7.53. The number of alkyl halides is 2. The van der Waals surface area contributed by atoms with E-state index in [0.717, 1.165) is 4.90 Å². The van der Waals surface area contributed by atoms with Crippen LogP contribution in [-0.2, 0) is 24.0 Å². The molecule has 0 spiro atoms. The van der Waals surface area contributed by atoms with E-state index in [-0.39, 0.29) is 52.1 Å². The molecule has 18 heteroatoms. The lowest BCUT2D eigenvalue weighted by Crippen LogP contribution is -2.60. The molecule has 0 aromatic heterocycles. The number of phenols is 1. The second-order valence-corrected chi connectivity index (χ2v) is 14.2. The molecule has 4 amide bonds. The second kappa shape index (κ2) is 11.9.